The van der Waals surface area contributed by atoms with E-state index in [4.69, 9.17) is 4.74 Å². The molecule has 1 N–H and O–H groups in total. The van der Waals surface area contributed by atoms with E-state index in [1.165, 1.54) is 5.56 Å². The summed E-state index contributed by atoms with van der Waals surface area (Å²) in [4.78, 5) is 11.6. The Morgan fingerprint density at radius 1 is 1.22 bits per heavy atom. The first-order valence-electron chi connectivity index (χ1n) is 6.43. The molecule has 3 nitrogen and oxygen atoms in total. The van der Waals surface area contributed by atoms with Crippen molar-refractivity contribution in [1.29, 1.82) is 0 Å². The molecule has 0 aliphatic rings. The van der Waals surface area contributed by atoms with Gasteiger partial charge in [0.15, 0.2) is 0 Å². The molecule has 1 aromatic rings. The van der Waals surface area contributed by atoms with Gasteiger partial charge in [-0.05, 0) is 37.0 Å². The summed E-state index contributed by atoms with van der Waals surface area (Å²) in [7, 11) is 1.66. The van der Waals surface area contributed by atoms with E-state index in [0.29, 0.717) is 12.3 Å². The zero-order valence-corrected chi connectivity index (χ0v) is 11.7. The summed E-state index contributed by atoms with van der Waals surface area (Å²) >= 11 is 0. The average Bonchev–Trinajstić information content (AvgIpc) is 2.28. The average molecular weight is 249 g/mol. The monoisotopic (exact) mass is 249 g/mol. The molecule has 0 heterocycles. The van der Waals surface area contributed by atoms with Gasteiger partial charge in [-0.3, -0.25) is 4.79 Å². The maximum absolute atomic E-state index is 11.6. The zero-order chi connectivity index (χ0) is 13.5. The molecule has 0 saturated heterocycles. The number of hydrogen-bond donors (Lipinski definition) is 1. The highest BCUT2D eigenvalue weighted by atomic mass is 16.5. The van der Waals surface area contributed by atoms with Crippen LogP contribution in [0.2, 0.25) is 0 Å². The first kappa shape index (κ1) is 14.6. The van der Waals surface area contributed by atoms with Gasteiger partial charge in [0.05, 0.1) is 7.11 Å². The van der Waals surface area contributed by atoms with Gasteiger partial charge in [-0.15, -0.1) is 0 Å². The second-order valence-electron chi connectivity index (χ2n) is 5.12. The summed E-state index contributed by atoms with van der Waals surface area (Å²) < 4.78 is 5.11. The van der Waals surface area contributed by atoms with Crippen molar-refractivity contribution >= 4 is 5.91 Å². The number of hydrogen-bond acceptors (Lipinski definition) is 2. The first-order valence-corrected chi connectivity index (χ1v) is 6.43. The van der Waals surface area contributed by atoms with Gasteiger partial charge in [0.2, 0.25) is 5.91 Å². The molecule has 1 aromatic carbocycles. The van der Waals surface area contributed by atoms with Crippen LogP contribution in [0.1, 0.15) is 32.8 Å². The lowest BCUT2D eigenvalue weighted by Crippen LogP contribution is -2.34. The second kappa shape index (κ2) is 7.04. The van der Waals surface area contributed by atoms with Gasteiger partial charge >= 0.3 is 0 Å². The van der Waals surface area contributed by atoms with Crippen molar-refractivity contribution in [3.05, 3.63) is 29.8 Å². The first-order chi connectivity index (χ1) is 8.51. The molecule has 3 heteroatoms. The fourth-order valence-electron chi connectivity index (χ4n) is 1.87. The van der Waals surface area contributed by atoms with Gasteiger partial charge in [0.1, 0.15) is 5.75 Å². The van der Waals surface area contributed by atoms with Crippen molar-refractivity contribution in [3.8, 4) is 5.75 Å². The van der Waals surface area contributed by atoms with Crippen molar-refractivity contribution in [2.24, 2.45) is 5.92 Å². The van der Waals surface area contributed by atoms with E-state index in [1.54, 1.807) is 7.11 Å². The molecule has 0 radical (unpaired) electrons. The molecule has 0 aromatic heterocycles. The minimum Gasteiger partial charge on any atom is -0.497 e. The number of nitrogens with one attached hydrogen (secondary N) is 1. The highest BCUT2D eigenvalue weighted by Crippen LogP contribution is 2.12. The highest BCUT2D eigenvalue weighted by molar-refractivity contribution is 5.76. The third-order valence-electron chi connectivity index (χ3n) is 2.70. The van der Waals surface area contributed by atoms with Crippen molar-refractivity contribution in [1.82, 2.24) is 5.32 Å². The number of carbonyl (C=O) groups excluding carboxylic acids is 1. The van der Waals surface area contributed by atoms with Gasteiger partial charge < -0.3 is 10.1 Å². The van der Waals surface area contributed by atoms with Crippen LogP contribution in [0.5, 0.6) is 5.75 Å². The number of benzene rings is 1. The Balaban J connectivity index is 2.43. The molecule has 0 aliphatic carbocycles. The molecule has 0 aliphatic heterocycles. The van der Waals surface area contributed by atoms with Crippen LogP contribution in [-0.4, -0.2) is 19.1 Å². The predicted octanol–water partition coefficient (Wildman–Crippen LogP) is 2.79. The number of carbonyl (C=O) groups is 1. The van der Waals surface area contributed by atoms with E-state index < -0.39 is 0 Å². The smallest absolute Gasteiger partial charge is 0.220 e. The molecule has 1 amide bonds. The van der Waals surface area contributed by atoms with Crippen LogP contribution < -0.4 is 10.1 Å². The Hall–Kier alpha value is -1.51. The normalized spacial score (nSPS) is 12.3. The summed E-state index contributed by atoms with van der Waals surface area (Å²) in [5.74, 6) is 1.39. The van der Waals surface area contributed by atoms with Gasteiger partial charge in [-0.1, -0.05) is 26.0 Å². The standard InChI is InChI=1S/C15H23NO2/c1-11(2)9-15(17)16-12(3)10-13-5-7-14(18-4)8-6-13/h5-8,11-12H,9-10H2,1-4H3,(H,16,17). The third-order valence-corrected chi connectivity index (χ3v) is 2.70. The summed E-state index contributed by atoms with van der Waals surface area (Å²) in [5, 5.41) is 3.02. The van der Waals surface area contributed by atoms with Crippen molar-refractivity contribution in [2.45, 2.75) is 39.7 Å². The number of ether oxygens (including phenoxy) is 1. The molecule has 1 rings (SSSR count). The lowest BCUT2D eigenvalue weighted by Gasteiger charge is -2.15. The molecule has 100 valence electrons. The summed E-state index contributed by atoms with van der Waals surface area (Å²) in [5.41, 5.74) is 1.20. The topological polar surface area (TPSA) is 38.3 Å². The minimum atomic E-state index is 0.131. The highest BCUT2D eigenvalue weighted by Gasteiger charge is 2.09. The zero-order valence-electron chi connectivity index (χ0n) is 11.7. The van der Waals surface area contributed by atoms with Crippen LogP contribution in [0.25, 0.3) is 0 Å². The van der Waals surface area contributed by atoms with E-state index >= 15 is 0 Å². The molecule has 0 bridgehead atoms. The molecular formula is C15H23NO2. The van der Waals surface area contributed by atoms with E-state index in [2.05, 4.69) is 5.32 Å². The van der Waals surface area contributed by atoms with Gasteiger partial charge in [-0.2, -0.15) is 0 Å². The second-order valence-corrected chi connectivity index (χ2v) is 5.12. The van der Waals surface area contributed by atoms with E-state index in [9.17, 15) is 4.79 Å². The quantitative estimate of drug-likeness (QED) is 0.842. The van der Waals surface area contributed by atoms with Crippen LogP contribution in [0, 0.1) is 5.92 Å². The van der Waals surface area contributed by atoms with Gasteiger partial charge in [0, 0.05) is 12.5 Å². The Labute approximate surface area is 110 Å². The van der Waals surface area contributed by atoms with Crippen LogP contribution >= 0.6 is 0 Å². The minimum absolute atomic E-state index is 0.131. The molecule has 0 saturated carbocycles. The lowest BCUT2D eigenvalue weighted by molar-refractivity contribution is -0.122. The number of amides is 1. The van der Waals surface area contributed by atoms with Crippen molar-refractivity contribution in [2.75, 3.05) is 7.11 Å². The Bertz CT molecular complexity index is 371. The van der Waals surface area contributed by atoms with Crippen LogP contribution in [-0.2, 0) is 11.2 Å². The molecule has 1 unspecified atom stereocenters. The summed E-state index contributed by atoms with van der Waals surface area (Å²) in [6.07, 6.45) is 1.43. The SMILES string of the molecule is COc1ccc(CC(C)NC(=O)CC(C)C)cc1. The molecule has 18 heavy (non-hydrogen) atoms. The summed E-state index contributed by atoms with van der Waals surface area (Å²) in [6.45, 7) is 6.13. The fourth-order valence-corrected chi connectivity index (χ4v) is 1.87. The maximum Gasteiger partial charge on any atom is 0.220 e. The Kier molecular flexibility index (Phi) is 5.69. The lowest BCUT2D eigenvalue weighted by atomic mass is 10.1. The Morgan fingerprint density at radius 2 is 1.83 bits per heavy atom. The van der Waals surface area contributed by atoms with Crippen molar-refractivity contribution in [3.63, 3.8) is 0 Å². The van der Waals surface area contributed by atoms with Crippen LogP contribution in [0.15, 0.2) is 24.3 Å². The van der Waals surface area contributed by atoms with Crippen molar-refractivity contribution < 1.29 is 9.53 Å². The van der Waals surface area contributed by atoms with E-state index in [-0.39, 0.29) is 11.9 Å². The number of methoxy groups -OCH3 is 1. The van der Waals surface area contributed by atoms with Gasteiger partial charge in [0.25, 0.3) is 0 Å². The van der Waals surface area contributed by atoms with Crippen LogP contribution in [0.3, 0.4) is 0 Å². The molecule has 1 atom stereocenters. The summed E-state index contributed by atoms with van der Waals surface area (Å²) in [6, 6.07) is 8.11. The fraction of sp³-hybridized carbons (Fsp3) is 0.533. The molecular weight excluding hydrogens is 226 g/mol. The largest absolute Gasteiger partial charge is 0.497 e. The molecule has 0 fully saturated rings. The Morgan fingerprint density at radius 3 is 2.33 bits per heavy atom. The van der Waals surface area contributed by atoms with E-state index in [1.807, 2.05) is 45.0 Å². The van der Waals surface area contributed by atoms with E-state index in [0.717, 1.165) is 12.2 Å². The predicted molar refractivity (Wildman–Crippen MR) is 73.8 cm³/mol. The molecule has 0 spiro atoms. The van der Waals surface area contributed by atoms with Crippen LogP contribution in [0.4, 0.5) is 0 Å². The van der Waals surface area contributed by atoms with Gasteiger partial charge in [-0.25, -0.2) is 0 Å². The maximum atomic E-state index is 11.6. The number of rotatable bonds is 6. The third kappa shape index (κ3) is 5.21.